The summed E-state index contributed by atoms with van der Waals surface area (Å²) in [4.78, 5) is 2.51. The second kappa shape index (κ2) is 9.76. The minimum Gasteiger partial charge on any atom is -0.353 e. The summed E-state index contributed by atoms with van der Waals surface area (Å²) in [5.74, 6) is 0. The van der Waals surface area contributed by atoms with E-state index in [0.29, 0.717) is 0 Å². The standard InChI is InChI=1S/C15H31NO2/c1-4-17-15(18-5-2)12-13-16(3)14-10-8-6-7-9-11-14/h14-15H,4-13H2,1-3H3. The van der Waals surface area contributed by atoms with Crippen molar-refractivity contribution in [2.75, 3.05) is 26.8 Å². The molecular weight excluding hydrogens is 226 g/mol. The van der Waals surface area contributed by atoms with Crippen LogP contribution in [0.15, 0.2) is 0 Å². The van der Waals surface area contributed by atoms with Crippen molar-refractivity contribution >= 4 is 0 Å². The Morgan fingerprint density at radius 3 is 2.06 bits per heavy atom. The van der Waals surface area contributed by atoms with Crippen molar-refractivity contribution in [3.8, 4) is 0 Å². The van der Waals surface area contributed by atoms with Crippen LogP contribution in [0.2, 0.25) is 0 Å². The molecule has 1 aliphatic rings. The highest BCUT2D eigenvalue weighted by Gasteiger charge is 2.18. The molecule has 0 atom stereocenters. The van der Waals surface area contributed by atoms with Crippen LogP contribution in [-0.4, -0.2) is 44.0 Å². The predicted octanol–water partition coefficient (Wildman–Crippen LogP) is 3.43. The van der Waals surface area contributed by atoms with E-state index in [1.807, 2.05) is 13.8 Å². The third-order valence-corrected chi connectivity index (χ3v) is 3.87. The van der Waals surface area contributed by atoms with Crippen molar-refractivity contribution in [1.29, 1.82) is 0 Å². The Bertz CT molecular complexity index is 185. The molecule has 0 spiro atoms. The van der Waals surface area contributed by atoms with E-state index in [-0.39, 0.29) is 6.29 Å². The molecule has 0 amide bonds. The molecule has 0 aromatic heterocycles. The first kappa shape index (κ1) is 15.9. The highest BCUT2D eigenvalue weighted by Crippen LogP contribution is 2.21. The molecule has 0 unspecified atom stereocenters. The predicted molar refractivity (Wildman–Crippen MR) is 75.8 cm³/mol. The molecule has 1 fully saturated rings. The average Bonchev–Trinajstić information content (AvgIpc) is 2.65. The third-order valence-electron chi connectivity index (χ3n) is 3.87. The van der Waals surface area contributed by atoms with Crippen molar-refractivity contribution < 1.29 is 9.47 Å². The summed E-state index contributed by atoms with van der Waals surface area (Å²) in [6, 6.07) is 0.774. The second-order valence-corrected chi connectivity index (χ2v) is 5.25. The van der Waals surface area contributed by atoms with E-state index in [0.717, 1.165) is 32.2 Å². The molecule has 18 heavy (non-hydrogen) atoms. The summed E-state index contributed by atoms with van der Waals surface area (Å²) in [5, 5.41) is 0. The van der Waals surface area contributed by atoms with Gasteiger partial charge in [-0.25, -0.2) is 0 Å². The highest BCUT2D eigenvalue weighted by molar-refractivity contribution is 4.72. The zero-order chi connectivity index (χ0) is 13.2. The molecule has 3 heteroatoms. The minimum atomic E-state index is -0.0202. The van der Waals surface area contributed by atoms with Gasteiger partial charge in [-0.2, -0.15) is 0 Å². The largest absolute Gasteiger partial charge is 0.353 e. The van der Waals surface area contributed by atoms with Crippen LogP contribution in [0.4, 0.5) is 0 Å². The molecule has 0 aromatic rings. The first-order valence-corrected chi connectivity index (χ1v) is 7.71. The van der Waals surface area contributed by atoms with Crippen LogP contribution in [0.25, 0.3) is 0 Å². The van der Waals surface area contributed by atoms with Gasteiger partial charge in [0.2, 0.25) is 0 Å². The van der Waals surface area contributed by atoms with Gasteiger partial charge >= 0.3 is 0 Å². The SMILES string of the molecule is CCOC(CCN(C)C1CCCCCC1)OCC. The van der Waals surface area contributed by atoms with Crippen molar-refractivity contribution in [2.45, 2.75) is 71.1 Å². The van der Waals surface area contributed by atoms with Crippen molar-refractivity contribution in [3.63, 3.8) is 0 Å². The van der Waals surface area contributed by atoms with E-state index in [1.165, 1.54) is 38.5 Å². The summed E-state index contributed by atoms with van der Waals surface area (Å²) in [6.45, 7) is 6.60. The van der Waals surface area contributed by atoms with Gasteiger partial charge in [0.1, 0.15) is 0 Å². The summed E-state index contributed by atoms with van der Waals surface area (Å²) in [5.41, 5.74) is 0. The first-order chi connectivity index (χ1) is 8.77. The maximum atomic E-state index is 5.60. The Morgan fingerprint density at radius 1 is 1.00 bits per heavy atom. The number of rotatable bonds is 8. The Hall–Kier alpha value is -0.120. The molecule has 0 aromatic carbocycles. The molecule has 0 bridgehead atoms. The summed E-state index contributed by atoms with van der Waals surface area (Å²) in [6.07, 6.45) is 9.33. The maximum Gasteiger partial charge on any atom is 0.158 e. The summed E-state index contributed by atoms with van der Waals surface area (Å²) >= 11 is 0. The molecule has 0 radical (unpaired) electrons. The quantitative estimate of drug-likeness (QED) is 0.491. The van der Waals surface area contributed by atoms with E-state index in [2.05, 4.69) is 11.9 Å². The van der Waals surface area contributed by atoms with E-state index >= 15 is 0 Å². The smallest absolute Gasteiger partial charge is 0.158 e. The summed E-state index contributed by atoms with van der Waals surface area (Å²) < 4.78 is 11.2. The normalized spacial score (nSPS) is 18.5. The fraction of sp³-hybridized carbons (Fsp3) is 1.00. The molecular formula is C15H31NO2. The third kappa shape index (κ3) is 6.17. The van der Waals surface area contributed by atoms with E-state index < -0.39 is 0 Å². The first-order valence-electron chi connectivity index (χ1n) is 7.71. The number of ether oxygens (including phenoxy) is 2. The van der Waals surface area contributed by atoms with Gasteiger partial charge in [0.05, 0.1) is 0 Å². The Kier molecular flexibility index (Phi) is 8.64. The fourth-order valence-electron chi connectivity index (χ4n) is 2.78. The topological polar surface area (TPSA) is 21.7 Å². The maximum absolute atomic E-state index is 5.60. The van der Waals surface area contributed by atoms with Gasteiger partial charge in [-0.15, -0.1) is 0 Å². The van der Waals surface area contributed by atoms with Crippen LogP contribution in [0.5, 0.6) is 0 Å². The van der Waals surface area contributed by atoms with Gasteiger partial charge < -0.3 is 14.4 Å². The lowest BCUT2D eigenvalue weighted by Gasteiger charge is -2.28. The zero-order valence-corrected chi connectivity index (χ0v) is 12.5. The Balaban J connectivity index is 2.26. The molecule has 108 valence electrons. The number of hydrogen-bond donors (Lipinski definition) is 0. The van der Waals surface area contributed by atoms with Crippen molar-refractivity contribution in [3.05, 3.63) is 0 Å². The van der Waals surface area contributed by atoms with Gasteiger partial charge in [0.25, 0.3) is 0 Å². The molecule has 1 saturated carbocycles. The van der Waals surface area contributed by atoms with Crippen molar-refractivity contribution in [1.82, 2.24) is 4.90 Å². The molecule has 1 aliphatic carbocycles. The lowest BCUT2D eigenvalue weighted by atomic mass is 10.1. The zero-order valence-electron chi connectivity index (χ0n) is 12.5. The van der Waals surface area contributed by atoms with Gasteiger partial charge in [0, 0.05) is 32.2 Å². The molecule has 0 saturated heterocycles. The molecule has 3 nitrogen and oxygen atoms in total. The lowest BCUT2D eigenvalue weighted by molar-refractivity contribution is -0.142. The van der Waals surface area contributed by atoms with Crippen molar-refractivity contribution in [2.24, 2.45) is 0 Å². The number of hydrogen-bond acceptors (Lipinski definition) is 3. The molecule has 0 heterocycles. The van der Waals surface area contributed by atoms with Gasteiger partial charge in [-0.05, 0) is 33.7 Å². The van der Waals surface area contributed by atoms with Crippen LogP contribution in [0.1, 0.15) is 58.8 Å². The van der Waals surface area contributed by atoms with Crippen LogP contribution in [0, 0.1) is 0 Å². The number of nitrogens with zero attached hydrogens (tertiary/aromatic N) is 1. The summed E-state index contributed by atoms with van der Waals surface area (Å²) in [7, 11) is 2.25. The van der Waals surface area contributed by atoms with E-state index in [4.69, 9.17) is 9.47 Å². The average molecular weight is 257 g/mol. The van der Waals surface area contributed by atoms with Crippen LogP contribution >= 0.6 is 0 Å². The van der Waals surface area contributed by atoms with Crippen LogP contribution < -0.4 is 0 Å². The fourth-order valence-corrected chi connectivity index (χ4v) is 2.78. The van der Waals surface area contributed by atoms with Gasteiger partial charge in [0.15, 0.2) is 6.29 Å². The Labute approximate surface area is 113 Å². The van der Waals surface area contributed by atoms with Gasteiger partial charge in [-0.3, -0.25) is 0 Å². The van der Waals surface area contributed by atoms with E-state index in [9.17, 15) is 0 Å². The highest BCUT2D eigenvalue weighted by atomic mass is 16.7. The molecule has 1 rings (SSSR count). The minimum absolute atomic E-state index is 0.0202. The monoisotopic (exact) mass is 257 g/mol. The second-order valence-electron chi connectivity index (χ2n) is 5.25. The molecule has 0 N–H and O–H groups in total. The van der Waals surface area contributed by atoms with Crippen LogP contribution in [0.3, 0.4) is 0 Å². The lowest BCUT2D eigenvalue weighted by Crippen LogP contribution is -2.34. The van der Waals surface area contributed by atoms with Gasteiger partial charge in [-0.1, -0.05) is 25.7 Å². The van der Waals surface area contributed by atoms with Crippen LogP contribution in [-0.2, 0) is 9.47 Å². The Morgan fingerprint density at radius 2 is 1.56 bits per heavy atom. The van der Waals surface area contributed by atoms with E-state index in [1.54, 1.807) is 0 Å². The molecule has 0 aliphatic heterocycles.